The minimum absolute atomic E-state index is 0.0175. The molecular weight excluding hydrogens is 308 g/mol. The van der Waals surface area contributed by atoms with Gasteiger partial charge in [-0.25, -0.2) is 13.1 Å². The second kappa shape index (κ2) is 7.25. The van der Waals surface area contributed by atoms with Crippen molar-refractivity contribution in [2.45, 2.75) is 24.8 Å². The van der Waals surface area contributed by atoms with E-state index < -0.39 is 10.0 Å². The summed E-state index contributed by atoms with van der Waals surface area (Å²) in [7, 11) is 0.370. The van der Waals surface area contributed by atoms with Gasteiger partial charge >= 0.3 is 0 Å². The van der Waals surface area contributed by atoms with Gasteiger partial charge in [-0.15, -0.1) is 0 Å². The Labute approximate surface area is 139 Å². The average molecular weight is 332 g/mol. The number of hydrogen-bond acceptors (Lipinski definition) is 3. The SMILES string of the molecule is Cc1ccc(C)c(S(=O)(=O)NCC(c2ccccc2)N(C)C)c1. The number of hydrogen-bond donors (Lipinski definition) is 1. The molecule has 1 N–H and O–H groups in total. The maximum absolute atomic E-state index is 12.6. The average Bonchev–Trinajstić information content (AvgIpc) is 2.50. The molecule has 2 aromatic rings. The first-order chi connectivity index (χ1) is 10.8. The summed E-state index contributed by atoms with van der Waals surface area (Å²) in [6.45, 7) is 4.03. The summed E-state index contributed by atoms with van der Waals surface area (Å²) in [6.07, 6.45) is 0. The number of aryl methyl sites for hydroxylation is 2. The molecule has 0 spiro atoms. The predicted molar refractivity (Wildman–Crippen MR) is 94.0 cm³/mol. The molecule has 0 aromatic heterocycles. The Morgan fingerprint density at radius 1 is 1.04 bits per heavy atom. The summed E-state index contributed by atoms with van der Waals surface area (Å²) in [4.78, 5) is 2.36. The summed E-state index contributed by atoms with van der Waals surface area (Å²) < 4.78 is 28.0. The van der Waals surface area contributed by atoms with Crippen LogP contribution in [-0.4, -0.2) is 34.0 Å². The fraction of sp³-hybridized carbons (Fsp3) is 0.333. The van der Waals surface area contributed by atoms with Crippen LogP contribution in [0.5, 0.6) is 0 Å². The topological polar surface area (TPSA) is 49.4 Å². The molecule has 0 fully saturated rings. The van der Waals surface area contributed by atoms with E-state index in [1.54, 1.807) is 6.07 Å². The molecule has 0 bridgehead atoms. The van der Waals surface area contributed by atoms with Gasteiger partial charge in [0.25, 0.3) is 0 Å². The first kappa shape index (κ1) is 17.7. The van der Waals surface area contributed by atoms with E-state index in [4.69, 9.17) is 0 Å². The third kappa shape index (κ3) is 4.41. The van der Waals surface area contributed by atoms with Crippen molar-refractivity contribution in [2.24, 2.45) is 0 Å². The molecule has 2 rings (SSSR count). The van der Waals surface area contributed by atoms with Crippen LogP contribution < -0.4 is 4.72 Å². The predicted octanol–water partition coefficient (Wildman–Crippen LogP) is 2.88. The van der Waals surface area contributed by atoms with Crippen LogP contribution in [-0.2, 0) is 10.0 Å². The summed E-state index contributed by atoms with van der Waals surface area (Å²) in [5, 5.41) is 0. The molecule has 0 heterocycles. The Morgan fingerprint density at radius 2 is 1.70 bits per heavy atom. The van der Waals surface area contributed by atoms with Crippen LogP contribution in [0, 0.1) is 13.8 Å². The largest absolute Gasteiger partial charge is 0.301 e. The van der Waals surface area contributed by atoms with E-state index in [9.17, 15) is 8.42 Å². The minimum atomic E-state index is -3.53. The fourth-order valence-electron chi connectivity index (χ4n) is 2.54. The third-order valence-corrected chi connectivity index (χ3v) is 5.47. The van der Waals surface area contributed by atoms with Crippen LogP contribution in [0.4, 0.5) is 0 Å². The maximum Gasteiger partial charge on any atom is 0.240 e. The third-order valence-electron chi connectivity index (χ3n) is 3.91. The molecule has 2 aromatic carbocycles. The lowest BCUT2D eigenvalue weighted by Crippen LogP contribution is -2.34. The zero-order valence-corrected chi connectivity index (χ0v) is 14.9. The summed E-state index contributed by atoms with van der Waals surface area (Å²) in [5.41, 5.74) is 2.77. The van der Waals surface area contributed by atoms with Crippen LogP contribution in [0.2, 0.25) is 0 Å². The van der Waals surface area contributed by atoms with Crippen LogP contribution in [0.1, 0.15) is 22.7 Å². The molecule has 0 aliphatic heterocycles. The lowest BCUT2D eigenvalue weighted by atomic mass is 10.1. The Bertz CT molecular complexity index is 756. The molecule has 5 heteroatoms. The number of benzene rings is 2. The maximum atomic E-state index is 12.6. The van der Waals surface area contributed by atoms with Gasteiger partial charge in [0.05, 0.1) is 4.90 Å². The molecule has 23 heavy (non-hydrogen) atoms. The first-order valence-corrected chi connectivity index (χ1v) is 9.08. The first-order valence-electron chi connectivity index (χ1n) is 7.59. The van der Waals surface area contributed by atoms with Crippen molar-refractivity contribution >= 4 is 10.0 Å². The lowest BCUT2D eigenvalue weighted by Gasteiger charge is -2.25. The van der Waals surface area contributed by atoms with Gasteiger partial charge in [0.15, 0.2) is 0 Å². The fourth-order valence-corrected chi connectivity index (χ4v) is 3.90. The highest BCUT2D eigenvalue weighted by molar-refractivity contribution is 7.89. The molecule has 1 unspecified atom stereocenters. The van der Waals surface area contributed by atoms with Gasteiger partial charge < -0.3 is 4.90 Å². The molecule has 124 valence electrons. The molecule has 0 saturated carbocycles. The second-order valence-corrected chi connectivity index (χ2v) is 7.75. The number of nitrogens with one attached hydrogen (secondary N) is 1. The van der Waals surface area contributed by atoms with Gasteiger partial charge in [0, 0.05) is 12.6 Å². The molecule has 0 saturated heterocycles. The smallest absolute Gasteiger partial charge is 0.240 e. The Kier molecular flexibility index (Phi) is 5.57. The molecular formula is C18H24N2O2S. The molecule has 4 nitrogen and oxygen atoms in total. The zero-order chi connectivity index (χ0) is 17.0. The Balaban J connectivity index is 2.22. The van der Waals surface area contributed by atoms with Gasteiger partial charge in [-0.1, -0.05) is 42.5 Å². The molecule has 0 aliphatic carbocycles. The van der Waals surface area contributed by atoms with Crippen molar-refractivity contribution in [1.82, 2.24) is 9.62 Å². The lowest BCUT2D eigenvalue weighted by molar-refractivity contribution is 0.299. The number of nitrogens with zero attached hydrogens (tertiary/aromatic N) is 1. The van der Waals surface area contributed by atoms with Gasteiger partial charge in [-0.05, 0) is 50.7 Å². The molecule has 0 radical (unpaired) electrons. The van der Waals surface area contributed by atoms with Gasteiger partial charge in [-0.2, -0.15) is 0 Å². The number of rotatable bonds is 6. The number of sulfonamides is 1. The standard InChI is InChI=1S/C18H24N2O2S/c1-14-10-11-15(2)18(12-14)23(21,22)19-13-17(20(3)4)16-8-6-5-7-9-16/h5-12,17,19H,13H2,1-4H3. The van der Waals surface area contributed by atoms with Crippen molar-refractivity contribution in [3.8, 4) is 0 Å². The zero-order valence-electron chi connectivity index (χ0n) is 14.1. The summed E-state index contributed by atoms with van der Waals surface area (Å²) >= 11 is 0. The molecule has 0 aliphatic rings. The Hall–Kier alpha value is -1.69. The summed E-state index contributed by atoms with van der Waals surface area (Å²) in [6, 6.07) is 15.4. The van der Waals surface area contributed by atoms with Gasteiger partial charge in [0.1, 0.15) is 0 Å². The summed E-state index contributed by atoms with van der Waals surface area (Å²) in [5.74, 6) is 0. The van der Waals surface area contributed by atoms with Crippen LogP contribution >= 0.6 is 0 Å². The van der Waals surface area contributed by atoms with E-state index >= 15 is 0 Å². The van der Waals surface area contributed by atoms with Crippen molar-refractivity contribution in [2.75, 3.05) is 20.6 Å². The normalized spacial score (nSPS) is 13.3. The molecule has 1 atom stereocenters. The minimum Gasteiger partial charge on any atom is -0.301 e. The number of likely N-dealkylation sites (N-methyl/N-ethyl adjacent to an activating group) is 1. The van der Waals surface area contributed by atoms with Crippen molar-refractivity contribution in [3.63, 3.8) is 0 Å². The highest BCUT2D eigenvalue weighted by Crippen LogP contribution is 2.20. The quantitative estimate of drug-likeness (QED) is 0.885. The van der Waals surface area contributed by atoms with E-state index in [1.807, 2.05) is 75.3 Å². The van der Waals surface area contributed by atoms with E-state index in [0.717, 1.165) is 16.7 Å². The highest BCUT2D eigenvalue weighted by atomic mass is 32.2. The van der Waals surface area contributed by atoms with Gasteiger partial charge in [-0.3, -0.25) is 0 Å². The van der Waals surface area contributed by atoms with E-state index in [2.05, 4.69) is 4.72 Å². The van der Waals surface area contributed by atoms with Gasteiger partial charge in [0.2, 0.25) is 10.0 Å². The van der Waals surface area contributed by atoms with Crippen LogP contribution in [0.25, 0.3) is 0 Å². The second-order valence-electron chi connectivity index (χ2n) is 6.01. The van der Waals surface area contributed by atoms with E-state index in [-0.39, 0.29) is 6.04 Å². The van der Waals surface area contributed by atoms with Crippen LogP contribution in [0.3, 0.4) is 0 Å². The van der Waals surface area contributed by atoms with E-state index in [1.165, 1.54) is 0 Å². The van der Waals surface area contributed by atoms with E-state index in [0.29, 0.717) is 11.4 Å². The molecule has 0 amide bonds. The van der Waals surface area contributed by atoms with Crippen molar-refractivity contribution in [3.05, 3.63) is 65.2 Å². The van der Waals surface area contributed by atoms with Crippen molar-refractivity contribution < 1.29 is 8.42 Å². The van der Waals surface area contributed by atoms with Crippen LogP contribution in [0.15, 0.2) is 53.4 Å². The van der Waals surface area contributed by atoms with Crippen molar-refractivity contribution in [1.29, 1.82) is 0 Å². The monoisotopic (exact) mass is 332 g/mol. The highest BCUT2D eigenvalue weighted by Gasteiger charge is 2.21. The Morgan fingerprint density at radius 3 is 2.30 bits per heavy atom.